The normalized spacial score (nSPS) is 18.4. The molecular weight excluding hydrogens is 122 g/mol. The Labute approximate surface area is 62.1 Å². The number of nitrogens with one attached hydrogen (secondary N) is 1. The molecule has 0 saturated heterocycles. The van der Waals surface area contributed by atoms with Crippen molar-refractivity contribution in [2.24, 2.45) is 5.92 Å². The molecule has 10 heavy (non-hydrogen) atoms. The molecule has 54 valence electrons. The van der Waals surface area contributed by atoms with Crippen LogP contribution in [-0.4, -0.2) is 0 Å². The van der Waals surface area contributed by atoms with Gasteiger partial charge in [0, 0.05) is 6.20 Å². The van der Waals surface area contributed by atoms with Crippen molar-refractivity contribution in [3.8, 4) is 0 Å². The van der Waals surface area contributed by atoms with E-state index in [1.165, 1.54) is 12.8 Å². The van der Waals surface area contributed by atoms with E-state index in [1.807, 2.05) is 12.3 Å². The van der Waals surface area contributed by atoms with Gasteiger partial charge in [0.1, 0.15) is 0 Å². The maximum absolute atomic E-state index is 3.52. The van der Waals surface area contributed by atoms with E-state index in [0.717, 1.165) is 5.92 Å². The Balaban J connectivity index is 2.06. The molecule has 1 aliphatic carbocycles. The third-order valence-electron chi connectivity index (χ3n) is 1.43. The first-order valence-electron chi connectivity index (χ1n) is 3.64. The van der Waals surface area contributed by atoms with Gasteiger partial charge in [-0.05, 0) is 31.0 Å². The number of rotatable bonds is 4. The minimum absolute atomic E-state index is 0.869. The lowest BCUT2D eigenvalue weighted by Gasteiger charge is -1.82. The van der Waals surface area contributed by atoms with E-state index in [4.69, 9.17) is 0 Å². The highest BCUT2D eigenvalue weighted by atomic mass is 14.8. The molecule has 1 nitrogen and oxygen atoms in total. The van der Waals surface area contributed by atoms with Crippen LogP contribution in [0.2, 0.25) is 0 Å². The van der Waals surface area contributed by atoms with E-state index in [9.17, 15) is 0 Å². The van der Waals surface area contributed by atoms with Gasteiger partial charge in [0.15, 0.2) is 0 Å². The van der Waals surface area contributed by atoms with Crippen LogP contribution in [0.4, 0.5) is 0 Å². The van der Waals surface area contributed by atoms with E-state index in [-0.39, 0.29) is 0 Å². The average Bonchev–Trinajstić information content (AvgIpc) is 2.71. The summed E-state index contributed by atoms with van der Waals surface area (Å²) in [4.78, 5) is 0. The van der Waals surface area contributed by atoms with Crippen molar-refractivity contribution in [1.82, 2.24) is 5.32 Å². The molecule has 1 saturated carbocycles. The summed E-state index contributed by atoms with van der Waals surface area (Å²) >= 11 is 0. The van der Waals surface area contributed by atoms with Crippen LogP contribution < -0.4 is 5.32 Å². The summed E-state index contributed by atoms with van der Waals surface area (Å²) in [5.74, 6) is 0.869. The average molecular weight is 135 g/mol. The quantitative estimate of drug-likeness (QED) is 0.583. The Morgan fingerprint density at radius 1 is 1.30 bits per heavy atom. The van der Waals surface area contributed by atoms with Crippen LogP contribution in [0.5, 0.6) is 0 Å². The first-order valence-corrected chi connectivity index (χ1v) is 3.64. The van der Waals surface area contributed by atoms with Gasteiger partial charge in [-0.3, -0.25) is 0 Å². The summed E-state index contributed by atoms with van der Waals surface area (Å²) in [6, 6.07) is 0. The Bertz CT molecular complexity index is 152. The van der Waals surface area contributed by atoms with Crippen molar-refractivity contribution in [3.63, 3.8) is 0 Å². The molecule has 0 amide bonds. The number of hydrogen-bond acceptors (Lipinski definition) is 1. The van der Waals surface area contributed by atoms with Crippen LogP contribution in [0.3, 0.4) is 0 Å². The fourth-order valence-corrected chi connectivity index (χ4v) is 0.689. The monoisotopic (exact) mass is 135 g/mol. The second-order valence-electron chi connectivity index (χ2n) is 2.45. The lowest BCUT2D eigenvalue weighted by molar-refractivity contribution is 1.12. The third kappa shape index (κ3) is 3.13. The van der Waals surface area contributed by atoms with Gasteiger partial charge in [-0.25, -0.2) is 0 Å². The Morgan fingerprint density at radius 2 is 2.10 bits per heavy atom. The molecule has 0 heterocycles. The van der Waals surface area contributed by atoms with Crippen molar-refractivity contribution in [1.29, 1.82) is 0 Å². The SMILES string of the molecule is C=CN/C=C\C=C/C1CC1. The highest BCUT2D eigenvalue weighted by molar-refractivity contribution is 5.07. The van der Waals surface area contributed by atoms with E-state index in [1.54, 1.807) is 6.20 Å². The highest BCUT2D eigenvalue weighted by Crippen LogP contribution is 2.29. The Kier molecular flexibility index (Phi) is 2.81. The zero-order valence-corrected chi connectivity index (χ0v) is 6.09. The molecule has 0 atom stereocenters. The molecule has 0 radical (unpaired) electrons. The minimum Gasteiger partial charge on any atom is -0.368 e. The first kappa shape index (κ1) is 7.13. The van der Waals surface area contributed by atoms with Gasteiger partial charge in [0.2, 0.25) is 0 Å². The molecule has 0 aromatic heterocycles. The van der Waals surface area contributed by atoms with Gasteiger partial charge in [-0.15, -0.1) is 0 Å². The van der Waals surface area contributed by atoms with Gasteiger partial charge in [-0.2, -0.15) is 0 Å². The number of hydrogen-bond donors (Lipinski definition) is 1. The van der Waals surface area contributed by atoms with Crippen molar-refractivity contribution < 1.29 is 0 Å². The molecule has 0 aromatic rings. The summed E-state index contributed by atoms with van der Waals surface area (Å²) in [5.41, 5.74) is 0. The largest absolute Gasteiger partial charge is 0.368 e. The standard InChI is InChI=1S/C9H13N/c1-2-10-8-4-3-5-9-6-7-9/h2-5,8-10H,1,6-7H2/b5-3-,8-4-. The van der Waals surface area contributed by atoms with Crippen molar-refractivity contribution in [2.75, 3.05) is 0 Å². The minimum atomic E-state index is 0.869. The van der Waals surface area contributed by atoms with Gasteiger partial charge < -0.3 is 5.32 Å². The van der Waals surface area contributed by atoms with Crippen molar-refractivity contribution >= 4 is 0 Å². The zero-order chi connectivity index (χ0) is 7.23. The molecular formula is C9H13N. The van der Waals surface area contributed by atoms with Gasteiger partial charge >= 0.3 is 0 Å². The van der Waals surface area contributed by atoms with Crippen molar-refractivity contribution in [2.45, 2.75) is 12.8 Å². The highest BCUT2D eigenvalue weighted by Gasteiger charge is 2.16. The van der Waals surface area contributed by atoms with Crippen LogP contribution in [0.1, 0.15) is 12.8 Å². The predicted molar refractivity (Wildman–Crippen MR) is 44.3 cm³/mol. The molecule has 1 aliphatic rings. The summed E-state index contributed by atoms with van der Waals surface area (Å²) in [6.07, 6.45) is 12.6. The van der Waals surface area contributed by atoms with Crippen molar-refractivity contribution in [3.05, 3.63) is 37.2 Å². The fourth-order valence-electron chi connectivity index (χ4n) is 0.689. The molecule has 1 rings (SSSR count). The van der Waals surface area contributed by atoms with E-state index >= 15 is 0 Å². The topological polar surface area (TPSA) is 12.0 Å². The zero-order valence-electron chi connectivity index (χ0n) is 6.09. The molecule has 0 aromatic carbocycles. The molecule has 0 unspecified atom stereocenters. The Hall–Kier alpha value is -0.980. The molecule has 0 bridgehead atoms. The molecule has 0 spiro atoms. The van der Waals surface area contributed by atoms with Gasteiger partial charge in [0.05, 0.1) is 0 Å². The third-order valence-corrected chi connectivity index (χ3v) is 1.43. The smallest absolute Gasteiger partial charge is 0.000407 e. The molecule has 1 heteroatoms. The van der Waals surface area contributed by atoms with Crippen LogP contribution in [-0.2, 0) is 0 Å². The van der Waals surface area contributed by atoms with Crippen LogP contribution in [0.15, 0.2) is 37.2 Å². The maximum Gasteiger partial charge on any atom is 0.000407 e. The Morgan fingerprint density at radius 3 is 2.70 bits per heavy atom. The lowest BCUT2D eigenvalue weighted by Crippen LogP contribution is -1.87. The summed E-state index contributed by atoms with van der Waals surface area (Å²) in [5, 5.41) is 2.87. The first-order chi connectivity index (χ1) is 4.93. The summed E-state index contributed by atoms with van der Waals surface area (Å²) in [6.45, 7) is 3.52. The number of allylic oxidation sites excluding steroid dienone is 3. The van der Waals surface area contributed by atoms with Crippen LogP contribution in [0, 0.1) is 5.92 Å². The second kappa shape index (κ2) is 3.94. The van der Waals surface area contributed by atoms with Crippen LogP contribution >= 0.6 is 0 Å². The van der Waals surface area contributed by atoms with E-state index < -0.39 is 0 Å². The van der Waals surface area contributed by atoms with E-state index in [2.05, 4.69) is 24.0 Å². The van der Waals surface area contributed by atoms with Gasteiger partial charge in [-0.1, -0.05) is 18.7 Å². The molecule has 0 aliphatic heterocycles. The predicted octanol–water partition coefficient (Wildman–Crippen LogP) is 2.20. The molecule has 1 fully saturated rings. The fraction of sp³-hybridized carbons (Fsp3) is 0.333. The molecule has 1 N–H and O–H groups in total. The van der Waals surface area contributed by atoms with E-state index in [0.29, 0.717) is 0 Å². The summed E-state index contributed by atoms with van der Waals surface area (Å²) in [7, 11) is 0. The van der Waals surface area contributed by atoms with Gasteiger partial charge in [0.25, 0.3) is 0 Å². The van der Waals surface area contributed by atoms with Crippen LogP contribution in [0.25, 0.3) is 0 Å². The lowest BCUT2D eigenvalue weighted by atomic mass is 10.3. The summed E-state index contributed by atoms with van der Waals surface area (Å²) < 4.78 is 0. The second-order valence-corrected chi connectivity index (χ2v) is 2.45. The maximum atomic E-state index is 3.52.